The van der Waals surface area contributed by atoms with Crippen molar-refractivity contribution in [3.63, 3.8) is 0 Å². The molecule has 1 N–H and O–H groups in total. The molecule has 0 radical (unpaired) electrons. The van der Waals surface area contributed by atoms with Crippen LogP contribution in [-0.4, -0.2) is 30.0 Å². The van der Waals surface area contributed by atoms with Gasteiger partial charge in [0.1, 0.15) is 5.82 Å². The molecule has 1 aromatic heterocycles. The number of anilines is 1. The number of likely N-dealkylation sites (tertiary alicyclic amines) is 1. The van der Waals surface area contributed by atoms with E-state index in [9.17, 15) is 0 Å². The van der Waals surface area contributed by atoms with E-state index in [1.165, 1.54) is 37.9 Å². The number of nitrogens with one attached hydrogen (secondary N) is 1. The molecule has 3 nitrogen and oxygen atoms in total. The molecule has 0 unspecified atom stereocenters. The summed E-state index contributed by atoms with van der Waals surface area (Å²) < 4.78 is 0. The molecule has 0 aromatic carbocycles. The van der Waals surface area contributed by atoms with Crippen molar-refractivity contribution in [2.45, 2.75) is 32.2 Å². The molecule has 1 aliphatic rings. The maximum atomic E-state index is 4.40. The van der Waals surface area contributed by atoms with Crippen molar-refractivity contribution in [2.24, 2.45) is 0 Å². The summed E-state index contributed by atoms with van der Waals surface area (Å²) >= 11 is 0. The van der Waals surface area contributed by atoms with E-state index in [0.717, 1.165) is 5.82 Å². The molecule has 0 amide bonds. The molecule has 1 fully saturated rings. The van der Waals surface area contributed by atoms with E-state index in [4.69, 9.17) is 0 Å². The van der Waals surface area contributed by atoms with Gasteiger partial charge in [0.05, 0.1) is 0 Å². The Bertz CT molecular complexity index is 320. The van der Waals surface area contributed by atoms with Crippen LogP contribution in [0.25, 0.3) is 0 Å². The van der Waals surface area contributed by atoms with E-state index in [2.05, 4.69) is 34.3 Å². The first-order valence-corrected chi connectivity index (χ1v) is 6.23. The van der Waals surface area contributed by atoms with Gasteiger partial charge in [-0.05, 0) is 44.0 Å². The molecule has 2 rings (SSSR count). The second-order valence-electron chi connectivity index (χ2n) is 4.42. The Morgan fingerprint density at radius 1 is 1.50 bits per heavy atom. The van der Waals surface area contributed by atoms with Crippen molar-refractivity contribution in [3.05, 3.63) is 23.9 Å². The maximum Gasteiger partial charge on any atom is 0.125 e. The van der Waals surface area contributed by atoms with Gasteiger partial charge in [-0.2, -0.15) is 0 Å². The fourth-order valence-electron chi connectivity index (χ4n) is 2.51. The highest BCUT2D eigenvalue weighted by Gasteiger charge is 2.25. The van der Waals surface area contributed by atoms with Crippen LogP contribution in [0.15, 0.2) is 18.3 Å². The van der Waals surface area contributed by atoms with E-state index in [-0.39, 0.29) is 0 Å². The van der Waals surface area contributed by atoms with Crippen LogP contribution in [0.3, 0.4) is 0 Å². The monoisotopic (exact) mass is 219 g/mol. The summed E-state index contributed by atoms with van der Waals surface area (Å²) in [4.78, 5) is 6.98. The number of nitrogens with zero attached hydrogens (tertiary/aromatic N) is 2. The Labute approximate surface area is 97.9 Å². The van der Waals surface area contributed by atoms with Crippen molar-refractivity contribution in [2.75, 3.05) is 25.5 Å². The summed E-state index contributed by atoms with van der Waals surface area (Å²) in [5.41, 5.74) is 1.37. The minimum absolute atomic E-state index is 0.596. The van der Waals surface area contributed by atoms with Crippen molar-refractivity contribution >= 4 is 5.82 Å². The third-order valence-electron chi connectivity index (χ3n) is 3.30. The molecular weight excluding hydrogens is 198 g/mol. The van der Waals surface area contributed by atoms with Crippen LogP contribution in [0, 0.1) is 0 Å². The standard InChI is InChI=1S/C13H21N3/c1-3-8-16-9-4-5-12(16)11-6-7-13(14-2)15-10-11/h6-7,10,12H,3-5,8-9H2,1-2H3,(H,14,15)/t12-/m1/s1. The lowest BCUT2D eigenvalue weighted by molar-refractivity contribution is 0.257. The van der Waals surface area contributed by atoms with Gasteiger partial charge >= 0.3 is 0 Å². The summed E-state index contributed by atoms with van der Waals surface area (Å²) in [6.45, 7) is 4.70. The highest BCUT2D eigenvalue weighted by atomic mass is 15.2. The highest BCUT2D eigenvalue weighted by molar-refractivity contribution is 5.35. The molecule has 16 heavy (non-hydrogen) atoms. The van der Waals surface area contributed by atoms with E-state index in [1.807, 2.05) is 13.2 Å². The minimum atomic E-state index is 0.596. The quantitative estimate of drug-likeness (QED) is 0.844. The Balaban J connectivity index is 2.09. The van der Waals surface area contributed by atoms with Crippen molar-refractivity contribution in [3.8, 4) is 0 Å². The molecule has 2 heterocycles. The van der Waals surface area contributed by atoms with Crippen LogP contribution in [-0.2, 0) is 0 Å². The van der Waals surface area contributed by atoms with Crippen LogP contribution in [0.2, 0.25) is 0 Å². The molecule has 88 valence electrons. The van der Waals surface area contributed by atoms with Crippen LogP contribution >= 0.6 is 0 Å². The molecule has 1 aromatic rings. The maximum absolute atomic E-state index is 4.40. The molecule has 1 atom stereocenters. The van der Waals surface area contributed by atoms with Gasteiger partial charge < -0.3 is 5.32 Å². The van der Waals surface area contributed by atoms with Gasteiger partial charge in [0.2, 0.25) is 0 Å². The van der Waals surface area contributed by atoms with Gasteiger partial charge in [-0.3, -0.25) is 4.90 Å². The lowest BCUT2D eigenvalue weighted by atomic mass is 10.1. The summed E-state index contributed by atoms with van der Waals surface area (Å²) in [7, 11) is 1.90. The first-order chi connectivity index (χ1) is 7.85. The van der Waals surface area contributed by atoms with E-state index in [1.54, 1.807) is 0 Å². The van der Waals surface area contributed by atoms with E-state index < -0.39 is 0 Å². The molecule has 1 saturated heterocycles. The van der Waals surface area contributed by atoms with Crippen LogP contribution in [0.5, 0.6) is 0 Å². The molecule has 0 saturated carbocycles. The Kier molecular flexibility index (Phi) is 3.78. The lowest BCUT2D eigenvalue weighted by Crippen LogP contribution is -2.24. The molecule has 0 spiro atoms. The largest absolute Gasteiger partial charge is 0.373 e. The van der Waals surface area contributed by atoms with Crippen LogP contribution in [0.4, 0.5) is 5.82 Å². The summed E-state index contributed by atoms with van der Waals surface area (Å²) in [5.74, 6) is 0.948. The average Bonchev–Trinajstić information content (AvgIpc) is 2.78. The van der Waals surface area contributed by atoms with Gasteiger partial charge in [0, 0.05) is 19.3 Å². The highest BCUT2D eigenvalue weighted by Crippen LogP contribution is 2.31. The zero-order chi connectivity index (χ0) is 11.4. The number of hydrogen-bond donors (Lipinski definition) is 1. The normalized spacial score (nSPS) is 21.2. The van der Waals surface area contributed by atoms with Gasteiger partial charge in [0.25, 0.3) is 0 Å². The summed E-state index contributed by atoms with van der Waals surface area (Å²) in [5, 5.41) is 3.06. The zero-order valence-corrected chi connectivity index (χ0v) is 10.2. The molecule has 0 bridgehead atoms. The van der Waals surface area contributed by atoms with E-state index >= 15 is 0 Å². The molecular formula is C13H21N3. The summed E-state index contributed by atoms with van der Waals surface area (Å²) in [6.07, 6.45) is 5.85. The fraction of sp³-hybridized carbons (Fsp3) is 0.615. The predicted octanol–water partition coefficient (Wildman–Crippen LogP) is 2.67. The second kappa shape index (κ2) is 5.30. The molecule has 3 heteroatoms. The smallest absolute Gasteiger partial charge is 0.125 e. The zero-order valence-electron chi connectivity index (χ0n) is 10.2. The van der Waals surface area contributed by atoms with Gasteiger partial charge in [-0.1, -0.05) is 13.0 Å². The SMILES string of the molecule is CCCN1CCC[C@@H]1c1ccc(NC)nc1. The average molecular weight is 219 g/mol. The van der Waals surface area contributed by atoms with Gasteiger partial charge in [-0.15, -0.1) is 0 Å². The second-order valence-corrected chi connectivity index (χ2v) is 4.42. The number of hydrogen-bond acceptors (Lipinski definition) is 3. The van der Waals surface area contributed by atoms with Crippen molar-refractivity contribution in [1.82, 2.24) is 9.88 Å². The summed E-state index contributed by atoms with van der Waals surface area (Å²) in [6, 6.07) is 4.87. The molecule has 1 aliphatic heterocycles. The van der Waals surface area contributed by atoms with Gasteiger partial charge in [0.15, 0.2) is 0 Å². The third kappa shape index (κ3) is 2.35. The lowest BCUT2D eigenvalue weighted by Gasteiger charge is -2.23. The fourth-order valence-corrected chi connectivity index (χ4v) is 2.51. The van der Waals surface area contributed by atoms with Crippen LogP contribution < -0.4 is 5.32 Å². The first kappa shape index (κ1) is 11.4. The van der Waals surface area contributed by atoms with Crippen molar-refractivity contribution < 1.29 is 0 Å². The van der Waals surface area contributed by atoms with Crippen molar-refractivity contribution in [1.29, 1.82) is 0 Å². The molecule has 0 aliphatic carbocycles. The van der Waals surface area contributed by atoms with Gasteiger partial charge in [-0.25, -0.2) is 4.98 Å². The number of rotatable bonds is 4. The third-order valence-corrected chi connectivity index (χ3v) is 3.30. The Hall–Kier alpha value is -1.09. The topological polar surface area (TPSA) is 28.2 Å². The predicted molar refractivity (Wildman–Crippen MR) is 67.6 cm³/mol. The number of pyridine rings is 1. The van der Waals surface area contributed by atoms with E-state index in [0.29, 0.717) is 6.04 Å². The minimum Gasteiger partial charge on any atom is -0.373 e. The Morgan fingerprint density at radius 3 is 3.00 bits per heavy atom. The number of aromatic nitrogens is 1. The Morgan fingerprint density at radius 2 is 2.38 bits per heavy atom. The van der Waals surface area contributed by atoms with Crippen LogP contribution in [0.1, 0.15) is 37.8 Å². The first-order valence-electron chi connectivity index (χ1n) is 6.23.